The number of aromatic nitrogens is 2. The third-order valence-electron chi connectivity index (χ3n) is 5.01. The van der Waals surface area contributed by atoms with Crippen LogP contribution < -0.4 is 10.3 Å². The first-order valence-electron chi connectivity index (χ1n) is 8.78. The fourth-order valence-corrected chi connectivity index (χ4v) is 4.22. The molecule has 0 fully saturated rings. The first kappa shape index (κ1) is 17.3. The summed E-state index contributed by atoms with van der Waals surface area (Å²) in [6.07, 6.45) is 0. The zero-order chi connectivity index (χ0) is 19.4. The second kappa shape index (κ2) is 6.36. The second-order valence-corrected chi connectivity index (χ2v) is 7.62. The number of nitrogens with one attached hydrogen (secondary N) is 1. The van der Waals surface area contributed by atoms with Gasteiger partial charge in [0, 0.05) is 32.3 Å². The first-order valence-corrected chi connectivity index (χ1v) is 9.54. The Morgan fingerprint density at radius 2 is 1.75 bits per heavy atom. The number of halogens is 2. The molecule has 0 bridgehead atoms. The monoisotopic (exact) mass is 408 g/mol. The Morgan fingerprint density at radius 1 is 1.04 bits per heavy atom. The summed E-state index contributed by atoms with van der Waals surface area (Å²) in [5.74, 6) is 1.13. The molecular formula is C22H14Cl2N2O2. The number of aromatic amines is 1. The molecule has 1 unspecified atom stereocenters. The van der Waals surface area contributed by atoms with Crippen LogP contribution in [0, 0.1) is 6.92 Å². The molecule has 2 heterocycles. The fourth-order valence-electron chi connectivity index (χ4n) is 3.81. The van der Waals surface area contributed by atoms with E-state index in [1.165, 1.54) is 0 Å². The predicted molar refractivity (Wildman–Crippen MR) is 111 cm³/mol. The minimum atomic E-state index is -0.366. The average Bonchev–Trinajstić information content (AvgIpc) is 2.68. The van der Waals surface area contributed by atoms with Crippen molar-refractivity contribution in [2.75, 3.05) is 0 Å². The Kier molecular flexibility index (Phi) is 3.93. The lowest BCUT2D eigenvalue weighted by molar-refractivity contribution is 0.433. The Labute approximate surface area is 170 Å². The molecule has 0 saturated carbocycles. The van der Waals surface area contributed by atoms with E-state index in [1.807, 2.05) is 54.6 Å². The molecule has 6 heteroatoms. The van der Waals surface area contributed by atoms with E-state index in [1.54, 1.807) is 6.92 Å². The Hall–Kier alpha value is -2.82. The molecule has 0 spiro atoms. The van der Waals surface area contributed by atoms with Crippen molar-refractivity contribution in [2.45, 2.75) is 12.8 Å². The number of fused-ring (bicyclic) bond motifs is 4. The molecule has 1 aliphatic rings. The van der Waals surface area contributed by atoms with Gasteiger partial charge in [-0.3, -0.25) is 4.79 Å². The molecule has 28 heavy (non-hydrogen) atoms. The maximum atomic E-state index is 12.9. The van der Waals surface area contributed by atoms with Crippen LogP contribution in [0.4, 0.5) is 0 Å². The predicted octanol–water partition coefficient (Wildman–Crippen LogP) is 5.82. The zero-order valence-electron chi connectivity index (χ0n) is 14.8. The lowest BCUT2D eigenvalue weighted by Crippen LogP contribution is -2.24. The van der Waals surface area contributed by atoms with E-state index in [-0.39, 0.29) is 11.5 Å². The molecule has 0 aliphatic carbocycles. The fraction of sp³-hybridized carbons (Fsp3) is 0.0909. The number of rotatable bonds is 1. The highest BCUT2D eigenvalue weighted by Gasteiger charge is 2.34. The van der Waals surface area contributed by atoms with Gasteiger partial charge in [0.1, 0.15) is 11.6 Å². The summed E-state index contributed by atoms with van der Waals surface area (Å²) >= 11 is 12.7. The van der Waals surface area contributed by atoms with Crippen molar-refractivity contribution in [1.29, 1.82) is 0 Å². The van der Waals surface area contributed by atoms with Gasteiger partial charge in [-0.2, -0.15) is 4.98 Å². The van der Waals surface area contributed by atoms with Gasteiger partial charge in [0.2, 0.25) is 5.88 Å². The number of benzene rings is 3. The summed E-state index contributed by atoms with van der Waals surface area (Å²) in [7, 11) is 0. The van der Waals surface area contributed by atoms with Gasteiger partial charge in [0.15, 0.2) is 0 Å². The van der Waals surface area contributed by atoms with Crippen molar-refractivity contribution in [2.24, 2.45) is 0 Å². The van der Waals surface area contributed by atoms with E-state index in [0.29, 0.717) is 33.1 Å². The van der Waals surface area contributed by atoms with E-state index < -0.39 is 0 Å². The highest BCUT2D eigenvalue weighted by Crippen LogP contribution is 2.49. The van der Waals surface area contributed by atoms with Crippen LogP contribution in [-0.4, -0.2) is 9.97 Å². The van der Waals surface area contributed by atoms with Crippen LogP contribution in [-0.2, 0) is 0 Å². The summed E-state index contributed by atoms with van der Waals surface area (Å²) in [5, 5.41) is 3.01. The van der Waals surface area contributed by atoms with Gasteiger partial charge in [-0.05, 0) is 30.7 Å². The van der Waals surface area contributed by atoms with Gasteiger partial charge in [-0.25, -0.2) is 0 Å². The van der Waals surface area contributed by atoms with Crippen LogP contribution in [0.3, 0.4) is 0 Å². The van der Waals surface area contributed by atoms with E-state index in [0.717, 1.165) is 21.9 Å². The second-order valence-electron chi connectivity index (χ2n) is 6.78. The van der Waals surface area contributed by atoms with Gasteiger partial charge in [-0.15, -0.1) is 0 Å². The highest BCUT2D eigenvalue weighted by molar-refractivity contribution is 6.36. The number of H-pyrrole nitrogens is 1. The van der Waals surface area contributed by atoms with Crippen LogP contribution in [0.1, 0.15) is 28.4 Å². The molecule has 1 aliphatic heterocycles. The van der Waals surface area contributed by atoms with Crippen molar-refractivity contribution in [3.63, 3.8) is 0 Å². The topological polar surface area (TPSA) is 55.0 Å². The normalized spacial score (nSPS) is 15.0. The SMILES string of the molecule is Cc1nc2c(c(=O)[nH]1)C(c1ccc(Cl)cc1)c1cc(Cl)c3ccccc3c1O2. The molecule has 0 radical (unpaired) electrons. The first-order chi connectivity index (χ1) is 13.5. The zero-order valence-corrected chi connectivity index (χ0v) is 16.3. The van der Waals surface area contributed by atoms with Crippen molar-refractivity contribution < 1.29 is 4.74 Å². The lowest BCUT2D eigenvalue weighted by Gasteiger charge is -2.28. The number of hydrogen-bond acceptors (Lipinski definition) is 3. The van der Waals surface area contributed by atoms with E-state index in [9.17, 15) is 4.79 Å². The van der Waals surface area contributed by atoms with Crippen LogP contribution in [0.5, 0.6) is 11.6 Å². The number of nitrogens with zero attached hydrogens (tertiary/aromatic N) is 1. The van der Waals surface area contributed by atoms with Crippen LogP contribution in [0.2, 0.25) is 10.0 Å². The molecule has 0 saturated heterocycles. The summed E-state index contributed by atoms with van der Waals surface area (Å²) < 4.78 is 6.17. The Morgan fingerprint density at radius 3 is 2.50 bits per heavy atom. The number of aryl methyl sites for hydroxylation is 1. The molecule has 5 rings (SSSR count). The minimum absolute atomic E-state index is 0.225. The summed E-state index contributed by atoms with van der Waals surface area (Å²) in [5.41, 5.74) is 1.98. The van der Waals surface area contributed by atoms with E-state index in [2.05, 4.69) is 9.97 Å². The highest BCUT2D eigenvalue weighted by atomic mass is 35.5. The number of ether oxygens (including phenoxy) is 1. The van der Waals surface area contributed by atoms with Crippen LogP contribution in [0.25, 0.3) is 10.8 Å². The maximum absolute atomic E-state index is 12.9. The molecule has 1 N–H and O–H groups in total. The standard InChI is InChI=1S/C22H14Cl2N2O2/c1-11-25-21(27)19-18(12-6-8-13(23)9-7-12)16-10-17(24)14-4-2-3-5-15(14)20(16)28-22(19)26-11/h2-10,18H,1H3,(H,25,26,27). The third-order valence-corrected chi connectivity index (χ3v) is 5.58. The summed E-state index contributed by atoms with van der Waals surface area (Å²) in [6, 6.07) is 17.1. The smallest absolute Gasteiger partial charge is 0.258 e. The maximum Gasteiger partial charge on any atom is 0.258 e. The van der Waals surface area contributed by atoms with E-state index in [4.69, 9.17) is 27.9 Å². The third kappa shape index (κ3) is 2.60. The Balaban J connectivity index is 1.88. The van der Waals surface area contributed by atoms with Crippen molar-refractivity contribution in [3.8, 4) is 11.6 Å². The van der Waals surface area contributed by atoms with Crippen molar-refractivity contribution in [3.05, 3.63) is 97.5 Å². The largest absolute Gasteiger partial charge is 0.437 e. The molecule has 138 valence electrons. The van der Waals surface area contributed by atoms with Gasteiger partial charge in [-0.1, -0.05) is 59.6 Å². The molecule has 3 aromatic carbocycles. The summed E-state index contributed by atoms with van der Waals surface area (Å²) in [6.45, 7) is 1.73. The molecular weight excluding hydrogens is 395 g/mol. The van der Waals surface area contributed by atoms with Gasteiger partial charge in [0.25, 0.3) is 5.56 Å². The minimum Gasteiger partial charge on any atom is -0.437 e. The van der Waals surface area contributed by atoms with E-state index >= 15 is 0 Å². The van der Waals surface area contributed by atoms with Crippen LogP contribution >= 0.6 is 23.2 Å². The molecule has 1 atom stereocenters. The van der Waals surface area contributed by atoms with Gasteiger partial charge >= 0.3 is 0 Å². The lowest BCUT2D eigenvalue weighted by atomic mass is 9.83. The summed E-state index contributed by atoms with van der Waals surface area (Å²) in [4.78, 5) is 20.1. The molecule has 0 amide bonds. The van der Waals surface area contributed by atoms with Gasteiger partial charge < -0.3 is 9.72 Å². The average molecular weight is 409 g/mol. The molecule has 4 nitrogen and oxygen atoms in total. The van der Waals surface area contributed by atoms with Crippen molar-refractivity contribution >= 4 is 34.0 Å². The van der Waals surface area contributed by atoms with Crippen LogP contribution in [0.15, 0.2) is 59.4 Å². The Bertz CT molecular complexity index is 1300. The van der Waals surface area contributed by atoms with Gasteiger partial charge in [0.05, 0.1) is 5.56 Å². The number of hydrogen-bond donors (Lipinski definition) is 1. The molecule has 1 aromatic heterocycles. The molecule has 4 aromatic rings. The quantitative estimate of drug-likeness (QED) is 0.379. The van der Waals surface area contributed by atoms with Crippen molar-refractivity contribution in [1.82, 2.24) is 9.97 Å².